The van der Waals surface area contributed by atoms with Crippen LogP contribution in [0, 0.1) is 6.92 Å². The minimum atomic E-state index is 0.497. The average molecular weight is 229 g/mol. The quantitative estimate of drug-likeness (QED) is 0.850. The van der Waals surface area contributed by atoms with E-state index in [2.05, 4.69) is 15.0 Å². The van der Waals surface area contributed by atoms with Crippen LogP contribution in [0.15, 0.2) is 12.4 Å². The Morgan fingerprint density at radius 3 is 2.71 bits per heavy atom. The molecule has 5 nitrogen and oxygen atoms in total. The summed E-state index contributed by atoms with van der Waals surface area (Å²) in [6.07, 6.45) is 6.01. The molecule has 1 saturated carbocycles. The third kappa shape index (κ3) is 1.67. The maximum Gasteiger partial charge on any atom is 0.158 e. The number of imidazole rings is 1. The average Bonchev–Trinajstić information content (AvgIpc) is 3.06. The molecule has 1 aliphatic carbocycles. The summed E-state index contributed by atoms with van der Waals surface area (Å²) in [4.78, 5) is 13.3. The third-order valence-corrected chi connectivity index (χ3v) is 3.18. The molecule has 0 saturated heterocycles. The first kappa shape index (κ1) is 10.3. The summed E-state index contributed by atoms with van der Waals surface area (Å²) in [6.45, 7) is 1.94. The highest BCUT2D eigenvalue weighted by atomic mass is 15.1. The van der Waals surface area contributed by atoms with E-state index in [1.165, 1.54) is 12.8 Å². The Kier molecular flexibility index (Phi) is 2.14. The fourth-order valence-corrected chi connectivity index (χ4v) is 1.89. The lowest BCUT2D eigenvalue weighted by atomic mass is 10.2. The van der Waals surface area contributed by atoms with Crippen LogP contribution in [-0.4, -0.2) is 19.5 Å². The van der Waals surface area contributed by atoms with Crippen molar-refractivity contribution in [3.63, 3.8) is 0 Å². The molecule has 0 bridgehead atoms. The Balaban J connectivity index is 2.17. The number of nitrogens with two attached hydrogens (primary N) is 1. The Labute approximate surface area is 99.7 Å². The van der Waals surface area contributed by atoms with Gasteiger partial charge in [-0.05, 0) is 19.8 Å². The lowest BCUT2D eigenvalue weighted by Gasteiger charge is -2.09. The largest absolute Gasteiger partial charge is 0.383 e. The van der Waals surface area contributed by atoms with Crippen molar-refractivity contribution >= 4 is 5.82 Å². The predicted octanol–water partition coefficient (Wildman–Crippen LogP) is 1.65. The van der Waals surface area contributed by atoms with E-state index in [1.807, 2.05) is 24.7 Å². The standard InChI is InChI=1S/C12H15N5/c1-7-9(12-14-5-6-17(12)2)15-11(8-3-4-8)16-10(7)13/h5-6,8H,3-4H2,1-2H3,(H2,13,15,16). The smallest absolute Gasteiger partial charge is 0.158 e. The van der Waals surface area contributed by atoms with Crippen LogP contribution in [0.2, 0.25) is 0 Å². The lowest BCUT2D eigenvalue weighted by Crippen LogP contribution is -2.06. The van der Waals surface area contributed by atoms with Crippen molar-refractivity contribution in [1.29, 1.82) is 0 Å². The van der Waals surface area contributed by atoms with Gasteiger partial charge in [0.2, 0.25) is 0 Å². The zero-order valence-corrected chi connectivity index (χ0v) is 10.0. The number of hydrogen-bond donors (Lipinski definition) is 1. The van der Waals surface area contributed by atoms with Crippen molar-refractivity contribution in [2.45, 2.75) is 25.7 Å². The highest BCUT2D eigenvalue weighted by molar-refractivity contribution is 5.61. The van der Waals surface area contributed by atoms with Crippen molar-refractivity contribution in [1.82, 2.24) is 19.5 Å². The number of nitrogen functional groups attached to an aromatic ring is 1. The molecule has 2 N–H and O–H groups in total. The molecule has 0 spiro atoms. The zero-order chi connectivity index (χ0) is 12.0. The van der Waals surface area contributed by atoms with Gasteiger partial charge in [-0.15, -0.1) is 0 Å². The number of rotatable bonds is 2. The van der Waals surface area contributed by atoms with Crippen molar-refractivity contribution in [3.8, 4) is 11.5 Å². The van der Waals surface area contributed by atoms with Gasteiger partial charge in [-0.25, -0.2) is 15.0 Å². The molecule has 1 aliphatic rings. The molecule has 1 fully saturated rings. The van der Waals surface area contributed by atoms with E-state index < -0.39 is 0 Å². The number of hydrogen-bond acceptors (Lipinski definition) is 4. The van der Waals surface area contributed by atoms with Gasteiger partial charge >= 0.3 is 0 Å². The number of aryl methyl sites for hydroxylation is 1. The second kappa shape index (κ2) is 3.55. The van der Waals surface area contributed by atoms with E-state index >= 15 is 0 Å². The molecule has 0 unspecified atom stereocenters. The second-order valence-electron chi connectivity index (χ2n) is 4.58. The molecule has 0 radical (unpaired) electrons. The summed E-state index contributed by atoms with van der Waals surface area (Å²) < 4.78 is 1.95. The maximum atomic E-state index is 5.96. The summed E-state index contributed by atoms with van der Waals surface area (Å²) in [5, 5.41) is 0. The highest BCUT2D eigenvalue weighted by Gasteiger charge is 2.28. The molecule has 0 aliphatic heterocycles. The highest BCUT2D eigenvalue weighted by Crippen LogP contribution is 2.39. The Morgan fingerprint density at radius 1 is 1.35 bits per heavy atom. The van der Waals surface area contributed by atoms with E-state index in [1.54, 1.807) is 6.20 Å². The molecule has 2 aromatic rings. The predicted molar refractivity (Wildman–Crippen MR) is 65.4 cm³/mol. The van der Waals surface area contributed by atoms with Crippen LogP contribution < -0.4 is 5.73 Å². The van der Waals surface area contributed by atoms with Gasteiger partial charge in [0.15, 0.2) is 5.82 Å². The van der Waals surface area contributed by atoms with Crippen LogP contribution in [0.4, 0.5) is 5.82 Å². The van der Waals surface area contributed by atoms with E-state index in [0.29, 0.717) is 11.7 Å². The van der Waals surface area contributed by atoms with Gasteiger partial charge in [0.25, 0.3) is 0 Å². The van der Waals surface area contributed by atoms with Gasteiger partial charge in [0.05, 0.1) is 0 Å². The Hall–Kier alpha value is -1.91. The molecule has 2 aromatic heterocycles. The van der Waals surface area contributed by atoms with Crippen LogP contribution in [0.25, 0.3) is 11.5 Å². The van der Waals surface area contributed by atoms with Gasteiger partial charge in [-0.2, -0.15) is 0 Å². The fourth-order valence-electron chi connectivity index (χ4n) is 1.89. The number of aromatic nitrogens is 4. The molecular weight excluding hydrogens is 214 g/mol. The van der Waals surface area contributed by atoms with Crippen LogP contribution >= 0.6 is 0 Å². The van der Waals surface area contributed by atoms with E-state index in [4.69, 9.17) is 5.73 Å². The molecule has 3 rings (SSSR count). The summed E-state index contributed by atoms with van der Waals surface area (Å²) in [7, 11) is 1.96. The summed E-state index contributed by atoms with van der Waals surface area (Å²) >= 11 is 0. The zero-order valence-electron chi connectivity index (χ0n) is 10.0. The summed E-state index contributed by atoms with van der Waals surface area (Å²) in [5.74, 6) is 2.78. The number of nitrogens with zero attached hydrogens (tertiary/aromatic N) is 4. The van der Waals surface area contributed by atoms with Gasteiger partial charge < -0.3 is 10.3 Å². The minimum absolute atomic E-state index is 0.497. The maximum absolute atomic E-state index is 5.96. The van der Waals surface area contributed by atoms with E-state index in [-0.39, 0.29) is 0 Å². The third-order valence-electron chi connectivity index (χ3n) is 3.18. The van der Waals surface area contributed by atoms with Crippen LogP contribution in [-0.2, 0) is 7.05 Å². The SMILES string of the molecule is Cc1c(N)nc(C2CC2)nc1-c1nccn1C. The second-order valence-corrected chi connectivity index (χ2v) is 4.58. The fraction of sp³-hybridized carbons (Fsp3) is 0.417. The van der Waals surface area contributed by atoms with Gasteiger partial charge in [0, 0.05) is 30.9 Å². The van der Waals surface area contributed by atoms with Crippen molar-refractivity contribution in [2.24, 2.45) is 7.05 Å². The van der Waals surface area contributed by atoms with E-state index in [9.17, 15) is 0 Å². The van der Waals surface area contributed by atoms with Crippen LogP contribution in [0.3, 0.4) is 0 Å². The molecule has 0 atom stereocenters. The van der Waals surface area contributed by atoms with Crippen molar-refractivity contribution < 1.29 is 0 Å². The Bertz CT molecular complexity index is 568. The van der Waals surface area contributed by atoms with Crippen molar-refractivity contribution in [3.05, 3.63) is 23.8 Å². The van der Waals surface area contributed by atoms with E-state index in [0.717, 1.165) is 22.9 Å². The molecule has 17 heavy (non-hydrogen) atoms. The van der Waals surface area contributed by atoms with Gasteiger partial charge in [-0.1, -0.05) is 0 Å². The monoisotopic (exact) mass is 229 g/mol. The molecule has 0 aromatic carbocycles. The van der Waals surface area contributed by atoms with Gasteiger partial charge in [0.1, 0.15) is 17.3 Å². The molecule has 5 heteroatoms. The first-order valence-corrected chi connectivity index (χ1v) is 5.78. The first-order chi connectivity index (χ1) is 8.16. The number of anilines is 1. The Morgan fingerprint density at radius 2 is 2.12 bits per heavy atom. The van der Waals surface area contributed by atoms with Crippen LogP contribution in [0.1, 0.15) is 30.1 Å². The normalized spacial score (nSPS) is 15.2. The summed E-state index contributed by atoms with van der Waals surface area (Å²) in [5.41, 5.74) is 7.71. The lowest BCUT2D eigenvalue weighted by molar-refractivity contribution is 0.885. The summed E-state index contributed by atoms with van der Waals surface area (Å²) in [6, 6.07) is 0. The topological polar surface area (TPSA) is 69.6 Å². The van der Waals surface area contributed by atoms with Crippen LogP contribution in [0.5, 0.6) is 0 Å². The minimum Gasteiger partial charge on any atom is -0.383 e. The van der Waals surface area contributed by atoms with Crippen molar-refractivity contribution in [2.75, 3.05) is 5.73 Å². The molecular formula is C12H15N5. The van der Waals surface area contributed by atoms with Gasteiger partial charge in [-0.3, -0.25) is 0 Å². The molecule has 0 amide bonds. The first-order valence-electron chi connectivity index (χ1n) is 5.78. The molecule has 2 heterocycles. The molecule has 88 valence electrons.